The van der Waals surface area contributed by atoms with Gasteiger partial charge in [0.15, 0.2) is 0 Å². The van der Waals surface area contributed by atoms with Gasteiger partial charge in [0.1, 0.15) is 0 Å². The lowest BCUT2D eigenvalue weighted by Gasteiger charge is -2.29. The molecule has 1 heterocycles. The molecule has 0 bridgehead atoms. The summed E-state index contributed by atoms with van der Waals surface area (Å²) in [6, 6.07) is 0. The number of amides is 1. The Morgan fingerprint density at radius 1 is 1.47 bits per heavy atom. The van der Waals surface area contributed by atoms with Gasteiger partial charge in [-0.1, -0.05) is 22.5 Å². The summed E-state index contributed by atoms with van der Waals surface area (Å²) in [7, 11) is 1.92. The van der Waals surface area contributed by atoms with Crippen LogP contribution in [0, 0.1) is 0 Å². The van der Waals surface area contributed by atoms with Crippen LogP contribution in [0.2, 0.25) is 0 Å². The maximum atomic E-state index is 11.8. The minimum atomic E-state index is 0.202. The molecule has 0 aromatic heterocycles. The zero-order chi connectivity index (χ0) is 11.3. The number of hydrogen-bond acceptors (Lipinski definition) is 3. The second-order valence-electron chi connectivity index (χ2n) is 3.82. The van der Waals surface area contributed by atoms with Crippen molar-refractivity contribution in [2.45, 2.75) is 0 Å². The van der Waals surface area contributed by atoms with E-state index < -0.39 is 0 Å². The van der Waals surface area contributed by atoms with Crippen molar-refractivity contribution < 1.29 is 4.79 Å². The highest BCUT2D eigenvalue weighted by atomic mass is 79.9. The molecule has 4 nitrogen and oxygen atoms in total. The molecule has 1 aliphatic rings. The predicted molar refractivity (Wildman–Crippen MR) is 65.0 cm³/mol. The van der Waals surface area contributed by atoms with Crippen LogP contribution >= 0.6 is 15.9 Å². The van der Waals surface area contributed by atoms with E-state index >= 15 is 0 Å². The van der Waals surface area contributed by atoms with Gasteiger partial charge in [-0.05, 0) is 7.05 Å². The zero-order valence-electron chi connectivity index (χ0n) is 9.13. The summed E-state index contributed by atoms with van der Waals surface area (Å²) in [5.74, 6) is 0.202. The molecule has 1 rings (SSSR count). The molecule has 86 valence electrons. The predicted octanol–water partition coefficient (Wildman–Crippen LogP) is 0.259. The van der Waals surface area contributed by atoms with Crippen LogP contribution in [0.5, 0.6) is 0 Å². The SMILES string of the molecule is C=C(Br)CN(C)CC(=O)N1CCNCC1. The van der Waals surface area contributed by atoms with Crippen molar-refractivity contribution >= 4 is 21.8 Å². The van der Waals surface area contributed by atoms with Crippen LogP contribution in [0.15, 0.2) is 11.1 Å². The van der Waals surface area contributed by atoms with Gasteiger partial charge >= 0.3 is 0 Å². The van der Waals surface area contributed by atoms with E-state index in [1.54, 1.807) is 0 Å². The second kappa shape index (κ2) is 6.25. The number of piperazine rings is 1. The van der Waals surface area contributed by atoms with E-state index in [0.29, 0.717) is 13.1 Å². The molecule has 0 aromatic carbocycles. The van der Waals surface area contributed by atoms with Gasteiger partial charge in [0, 0.05) is 37.2 Å². The van der Waals surface area contributed by atoms with Crippen LogP contribution in [0.25, 0.3) is 0 Å². The van der Waals surface area contributed by atoms with Gasteiger partial charge in [-0.2, -0.15) is 0 Å². The monoisotopic (exact) mass is 275 g/mol. The van der Waals surface area contributed by atoms with E-state index in [1.807, 2.05) is 16.8 Å². The van der Waals surface area contributed by atoms with Crippen LogP contribution in [-0.4, -0.2) is 62.0 Å². The molecule has 0 saturated carbocycles. The normalized spacial score (nSPS) is 16.9. The number of carbonyl (C=O) groups excluding carboxylic acids is 1. The minimum absolute atomic E-state index is 0.202. The third kappa shape index (κ3) is 4.77. The molecule has 1 saturated heterocycles. The fourth-order valence-corrected chi connectivity index (χ4v) is 2.02. The van der Waals surface area contributed by atoms with Crippen LogP contribution < -0.4 is 5.32 Å². The van der Waals surface area contributed by atoms with Crippen molar-refractivity contribution in [3.63, 3.8) is 0 Å². The average molecular weight is 276 g/mol. The first-order valence-corrected chi connectivity index (χ1v) is 5.89. The molecule has 0 atom stereocenters. The molecule has 5 heteroatoms. The number of carbonyl (C=O) groups is 1. The first kappa shape index (κ1) is 12.7. The molecular formula is C10H18BrN3O. The van der Waals surface area contributed by atoms with Crippen molar-refractivity contribution in [1.82, 2.24) is 15.1 Å². The number of rotatable bonds is 4. The number of nitrogens with zero attached hydrogens (tertiary/aromatic N) is 2. The van der Waals surface area contributed by atoms with Crippen molar-refractivity contribution in [2.75, 3.05) is 46.3 Å². The molecule has 0 unspecified atom stereocenters. The third-order valence-corrected chi connectivity index (χ3v) is 2.57. The highest BCUT2D eigenvalue weighted by molar-refractivity contribution is 9.11. The molecule has 0 spiro atoms. The first-order chi connectivity index (χ1) is 7.09. The van der Waals surface area contributed by atoms with Gasteiger partial charge in [-0.15, -0.1) is 0 Å². The summed E-state index contributed by atoms with van der Waals surface area (Å²) < 4.78 is 0.901. The third-order valence-electron chi connectivity index (χ3n) is 2.32. The highest BCUT2D eigenvalue weighted by Crippen LogP contribution is 2.03. The Bertz CT molecular complexity index is 239. The summed E-state index contributed by atoms with van der Waals surface area (Å²) >= 11 is 3.29. The number of nitrogens with one attached hydrogen (secondary N) is 1. The summed E-state index contributed by atoms with van der Waals surface area (Å²) in [5.41, 5.74) is 0. The highest BCUT2D eigenvalue weighted by Gasteiger charge is 2.17. The molecule has 1 aliphatic heterocycles. The van der Waals surface area contributed by atoms with Gasteiger partial charge in [-0.25, -0.2) is 0 Å². The largest absolute Gasteiger partial charge is 0.339 e. The van der Waals surface area contributed by atoms with E-state index in [4.69, 9.17) is 0 Å². The molecule has 1 amide bonds. The van der Waals surface area contributed by atoms with Crippen LogP contribution in [0.3, 0.4) is 0 Å². The maximum absolute atomic E-state index is 11.8. The second-order valence-corrected chi connectivity index (χ2v) is 4.94. The average Bonchev–Trinajstić information content (AvgIpc) is 2.17. The van der Waals surface area contributed by atoms with Crippen molar-refractivity contribution in [3.05, 3.63) is 11.1 Å². The van der Waals surface area contributed by atoms with E-state index in [0.717, 1.165) is 30.7 Å². The standard InChI is InChI=1S/C10H18BrN3O/c1-9(11)7-13(2)8-10(15)14-5-3-12-4-6-14/h12H,1,3-8H2,2H3. The number of hydrogen-bond donors (Lipinski definition) is 1. The zero-order valence-corrected chi connectivity index (χ0v) is 10.7. The first-order valence-electron chi connectivity index (χ1n) is 5.10. The Kier molecular flexibility index (Phi) is 5.28. The molecule has 1 N–H and O–H groups in total. The fraction of sp³-hybridized carbons (Fsp3) is 0.700. The summed E-state index contributed by atoms with van der Waals surface area (Å²) in [5, 5.41) is 3.23. The lowest BCUT2D eigenvalue weighted by molar-refractivity contribution is -0.132. The fourth-order valence-electron chi connectivity index (χ4n) is 1.59. The van der Waals surface area contributed by atoms with E-state index in [9.17, 15) is 4.79 Å². The molecular weight excluding hydrogens is 258 g/mol. The molecule has 1 fully saturated rings. The van der Waals surface area contributed by atoms with Gasteiger partial charge in [0.25, 0.3) is 0 Å². The Morgan fingerprint density at radius 2 is 2.07 bits per heavy atom. The van der Waals surface area contributed by atoms with Crippen molar-refractivity contribution in [1.29, 1.82) is 0 Å². The Morgan fingerprint density at radius 3 is 2.60 bits per heavy atom. The van der Waals surface area contributed by atoms with E-state index in [2.05, 4.69) is 27.8 Å². The molecule has 15 heavy (non-hydrogen) atoms. The van der Waals surface area contributed by atoms with Gasteiger partial charge < -0.3 is 10.2 Å². The Balaban J connectivity index is 2.30. The van der Waals surface area contributed by atoms with Gasteiger partial charge in [0.05, 0.1) is 6.54 Å². The topological polar surface area (TPSA) is 35.6 Å². The quantitative estimate of drug-likeness (QED) is 0.800. The molecule has 0 radical (unpaired) electrons. The van der Waals surface area contributed by atoms with Crippen LogP contribution in [0.1, 0.15) is 0 Å². The van der Waals surface area contributed by atoms with E-state index in [-0.39, 0.29) is 5.91 Å². The Labute approximate surface area is 99.4 Å². The van der Waals surface area contributed by atoms with Gasteiger partial charge in [-0.3, -0.25) is 9.69 Å². The lowest BCUT2D eigenvalue weighted by atomic mass is 10.3. The molecule has 0 aliphatic carbocycles. The molecule has 0 aromatic rings. The summed E-state index contributed by atoms with van der Waals surface area (Å²) in [4.78, 5) is 15.7. The van der Waals surface area contributed by atoms with Crippen LogP contribution in [0.4, 0.5) is 0 Å². The summed E-state index contributed by atoms with van der Waals surface area (Å²) in [6.07, 6.45) is 0. The number of halogens is 1. The maximum Gasteiger partial charge on any atom is 0.236 e. The van der Waals surface area contributed by atoms with Crippen molar-refractivity contribution in [3.8, 4) is 0 Å². The smallest absolute Gasteiger partial charge is 0.236 e. The van der Waals surface area contributed by atoms with E-state index in [1.165, 1.54) is 0 Å². The lowest BCUT2D eigenvalue weighted by Crippen LogP contribution is -2.49. The van der Waals surface area contributed by atoms with Crippen molar-refractivity contribution in [2.24, 2.45) is 0 Å². The Hall–Kier alpha value is -0.390. The summed E-state index contributed by atoms with van der Waals surface area (Å²) in [6.45, 7) is 8.37. The van der Waals surface area contributed by atoms with Gasteiger partial charge in [0.2, 0.25) is 5.91 Å². The number of likely N-dealkylation sites (N-methyl/N-ethyl adjacent to an activating group) is 1. The van der Waals surface area contributed by atoms with Crippen LogP contribution in [-0.2, 0) is 4.79 Å². The minimum Gasteiger partial charge on any atom is -0.339 e.